The number of alkyl halides is 6. The third-order valence-electron chi connectivity index (χ3n) is 7.73. The van der Waals surface area contributed by atoms with E-state index in [1.165, 1.54) is 18.6 Å². The summed E-state index contributed by atoms with van der Waals surface area (Å²) in [5, 5.41) is 0. The van der Waals surface area contributed by atoms with Gasteiger partial charge in [-0.25, -0.2) is 13.4 Å². The monoisotopic (exact) mass is 522 g/mol. The number of H-pyrrole nitrogens is 1. The molecule has 0 bridgehead atoms. The van der Waals surface area contributed by atoms with Crippen molar-refractivity contribution in [2.24, 2.45) is 11.3 Å². The van der Waals surface area contributed by atoms with E-state index in [2.05, 4.69) is 9.97 Å². The molecular weight excluding hydrogens is 498 g/mol. The molecule has 2 heterocycles. The maximum absolute atomic E-state index is 13.6. The molecule has 0 saturated heterocycles. The highest BCUT2D eigenvalue weighted by Crippen LogP contribution is 2.60. The molecule has 1 unspecified atom stereocenters. The third kappa shape index (κ3) is 4.30. The molecule has 2 aliphatic carbocycles. The first-order chi connectivity index (χ1) is 16.3. The van der Waals surface area contributed by atoms with E-state index < -0.39 is 46.4 Å². The molecule has 1 atom stereocenters. The summed E-state index contributed by atoms with van der Waals surface area (Å²) in [5.74, 6) is -0.0857. The van der Waals surface area contributed by atoms with Gasteiger partial charge in [-0.05, 0) is 60.8 Å². The molecule has 1 aromatic carbocycles. The number of aromatic amines is 1. The quantitative estimate of drug-likeness (QED) is 0.571. The average Bonchev–Trinajstić information content (AvgIpc) is 3.14. The van der Waals surface area contributed by atoms with E-state index in [0.29, 0.717) is 15.7 Å². The topological polar surface area (TPSA) is 69.3 Å². The third-order valence-corrected chi connectivity index (χ3v) is 9.27. The summed E-state index contributed by atoms with van der Waals surface area (Å²) < 4.78 is 106. The Labute approximate surface area is 198 Å². The summed E-state index contributed by atoms with van der Waals surface area (Å²) in [5.41, 5.74) is -5.65. The smallest absolute Gasteiger partial charge is 0.361 e. The molecule has 13 heteroatoms. The molecule has 0 radical (unpaired) electrons. The Morgan fingerprint density at radius 3 is 2.37 bits per heavy atom. The largest absolute Gasteiger partial charge is 0.511 e. The van der Waals surface area contributed by atoms with Gasteiger partial charge in [-0.1, -0.05) is 6.42 Å². The zero-order chi connectivity index (χ0) is 25.2. The summed E-state index contributed by atoms with van der Waals surface area (Å²) in [4.78, 5) is 8.65. The second-order valence-corrected chi connectivity index (χ2v) is 11.8. The van der Waals surface area contributed by atoms with E-state index >= 15 is 0 Å². The number of imidazole rings is 1. The minimum Gasteiger partial charge on any atom is -0.361 e. The maximum Gasteiger partial charge on any atom is 0.511 e. The minimum atomic E-state index is -5.76. The highest BCUT2D eigenvalue weighted by molar-refractivity contribution is 7.89. The van der Waals surface area contributed by atoms with Crippen molar-refractivity contribution in [1.29, 1.82) is 0 Å². The SMILES string of the molecule is O=S(=O)(N1Cc2cc(C(F)(F)F)ccc2N(Cc2cnc[nH]2)C(C2CC3(CCC3)C2)C1)C(F)(F)F. The van der Waals surface area contributed by atoms with Gasteiger partial charge in [0.2, 0.25) is 0 Å². The number of nitrogens with zero attached hydrogens (tertiary/aromatic N) is 3. The number of benzene rings is 1. The lowest BCUT2D eigenvalue weighted by atomic mass is 9.50. The molecule has 0 amide bonds. The van der Waals surface area contributed by atoms with E-state index in [4.69, 9.17) is 0 Å². The van der Waals surface area contributed by atoms with Crippen LogP contribution < -0.4 is 4.90 Å². The lowest BCUT2D eigenvalue weighted by molar-refractivity contribution is -0.137. The molecule has 5 rings (SSSR count). The fourth-order valence-electron chi connectivity index (χ4n) is 5.81. The van der Waals surface area contributed by atoms with Gasteiger partial charge in [-0.2, -0.15) is 30.6 Å². The van der Waals surface area contributed by atoms with Crippen molar-refractivity contribution in [3.05, 3.63) is 47.5 Å². The zero-order valence-corrected chi connectivity index (χ0v) is 19.3. The fraction of sp³-hybridized carbons (Fsp3) is 0.591. The fourth-order valence-corrected chi connectivity index (χ4v) is 6.76. The van der Waals surface area contributed by atoms with Crippen LogP contribution in [0.25, 0.3) is 0 Å². The Balaban J connectivity index is 1.61. The summed E-state index contributed by atoms with van der Waals surface area (Å²) >= 11 is 0. The number of sulfonamides is 1. The van der Waals surface area contributed by atoms with Crippen molar-refractivity contribution in [1.82, 2.24) is 14.3 Å². The molecule has 2 fully saturated rings. The van der Waals surface area contributed by atoms with Crippen LogP contribution in [0.5, 0.6) is 0 Å². The van der Waals surface area contributed by atoms with Gasteiger partial charge >= 0.3 is 21.7 Å². The first-order valence-corrected chi connectivity index (χ1v) is 12.7. The van der Waals surface area contributed by atoms with Crippen LogP contribution in [0.1, 0.15) is 48.9 Å². The number of rotatable bonds is 4. The van der Waals surface area contributed by atoms with Crippen molar-refractivity contribution in [2.75, 3.05) is 11.4 Å². The Morgan fingerprint density at radius 1 is 1.11 bits per heavy atom. The van der Waals surface area contributed by atoms with Crippen molar-refractivity contribution in [3.8, 4) is 0 Å². The standard InChI is InChI=1S/C22H24F6N4O2S/c23-21(24,25)16-2-3-18-14(6-16)10-31(35(33,34)22(26,27)28)12-19(15-7-20(8-15)4-1-5-20)32(18)11-17-9-29-13-30-17/h2-3,6,9,13,15,19H,1,4-5,7-8,10-12H2,(H,29,30). The Hall–Kier alpha value is -2.28. The van der Waals surface area contributed by atoms with Crippen LogP contribution in [0, 0.1) is 11.3 Å². The van der Waals surface area contributed by atoms with Crippen LogP contribution in [-0.4, -0.2) is 40.8 Å². The Kier molecular flexibility index (Phi) is 5.66. The summed E-state index contributed by atoms with van der Waals surface area (Å²) in [6.07, 6.45) is 2.91. The van der Waals surface area contributed by atoms with Crippen molar-refractivity contribution < 1.29 is 34.8 Å². The maximum atomic E-state index is 13.6. The molecule has 35 heavy (non-hydrogen) atoms. The number of nitrogens with one attached hydrogen (secondary N) is 1. The molecule has 2 aromatic rings. The van der Waals surface area contributed by atoms with E-state index in [1.54, 1.807) is 4.90 Å². The number of hydrogen-bond donors (Lipinski definition) is 1. The van der Waals surface area contributed by atoms with Gasteiger partial charge in [0.05, 0.1) is 24.1 Å². The molecule has 6 nitrogen and oxygen atoms in total. The van der Waals surface area contributed by atoms with Gasteiger partial charge in [-0.3, -0.25) is 0 Å². The van der Waals surface area contributed by atoms with Gasteiger partial charge in [0, 0.05) is 31.0 Å². The second kappa shape index (κ2) is 8.12. The Morgan fingerprint density at radius 2 is 1.83 bits per heavy atom. The van der Waals surface area contributed by atoms with Crippen LogP contribution >= 0.6 is 0 Å². The predicted molar refractivity (Wildman–Crippen MR) is 114 cm³/mol. The number of aromatic nitrogens is 2. The number of halogens is 6. The van der Waals surface area contributed by atoms with E-state index in [-0.39, 0.29) is 23.4 Å². The summed E-state index contributed by atoms with van der Waals surface area (Å²) in [7, 11) is -5.76. The zero-order valence-electron chi connectivity index (χ0n) is 18.5. The molecule has 2 saturated carbocycles. The molecule has 1 aromatic heterocycles. The molecule has 192 valence electrons. The minimum absolute atomic E-state index is 0.0857. The van der Waals surface area contributed by atoms with Crippen LogP contribution in [0.4, 0.5) is 32.0 Å². The van der Waals surface area contributed by atoms with Gasteiger partial charge in [0.25, 0.3) is 0 Å². The van der Waals surface area contributed by atoms with Crippen LogP contribution in [-0.2, 0) is 29.3 Å². The van der Waals surface area contributed by atoms with Gasteiger partial charge in [-0.15, -0.1) is 0 Å². The number of anilines is 1. The van der Waals surface area contributed by atoms with Crippen molar-refractivity contribution in [3.63, 3.8) is 0 Å². The summed E-state index contributed by atoms with van der Waals surface area (Å²) in [6.45, 7) is -1.12. The molecule has 1 N–H and O–H groups in total. The van der Waals surface area contributed by atoms with E-state index in [9.17, 15) is 34.8 Å². The van der Waals surface area contributed by atoms with Gasteiger partial charge in [0.15, 0.2) is 0 Å². The van der Waals surface area contributed by atoms with Gasteiger partial charge in [0.1, 0.15) is 0 Å². The van der Waals surface area contributed by atoms with Crippen LogP contribution in [0.15, 0.2) is 30.7 Å². The van der Waals surface area contributed by atoms with Gasteiger partial charge < -0.3 is 9.88 Å². The van der Waals surface area contributed by atoms with Crippen molar-refractivity contribution >= 4 is 15.7 Å². The average molecular weight is 523 g/mol. The number of hydrogen-bond acceptors (Lipinski definition) is 4. The highest BCUT2D eigenvalue weighted by atomic mass is 32.2. The van der Waals surface area contributed by atoms with E-state index in [1.807, 2.05) is 0 Å². The molecular formula is C22H24F6N4O2S. The second-order valence-electron chi connectivity index (χ2n) is 9.88. The number of fused-ring (bicyclic) bond motifs is 1. The normalized spacial score (nSPS) is 23.5. The molecule has 3 aliphatic rings. The Bertz CT molecular complexity index is 1180. The molecule has 1 spiro atoms. The van der Waals surface area contributed by atoms with Crippen molar-refractivity contribution in [2.45, 2.75) is 62.9 Å². The van der Waals surface area contributed by atoms with Crippen LogP contribution in [0.3, 0.4) is 0 Å². The summed E-state index contributed by atoms with van der Waals surface area (Å²) in [6, 6.07) is 2.24. The molecule has 1 aliphatic heterocycles. The predicted octanol–water partition coefficient (Wildman–Crippen LogP) is 5.05. The van der Waals surface area contributed by atoms with Crippen LogP contribution in [0.2, 0.25) is 0 Å². The lowest BCUT2D eigenvalue weighted by Gasteiger charge is -2.58. The first-order valence-electron chi connectivity index (χ1n) is 11.3. The highest BCUT2D eigenvalue weighted by Gasteiger charge is 2.55. The first kappa shape index (κ1) is 24.4. The lowest BCUT2D eigenvalue weighted by Crippen LogP contribution is -2.56. The van der Waals surface area contributed by atoms with E-state index in [0.717, 1.165) is 44.2 Å².